The van der Waals surface area contributed by atoms with Crippen LogP contribution in [0, 0.1) is 0 Å². The number of rotatable bonds is 5. The molecule has 2 aliphatic carbocycles. The zero-order valence-electron chi connectivity index (χ0n) is 32.0. The maximum Gasteiger partial charge on any atom is 0.164 e. The standard InChI is InChI=1S/C56H35N3/c1-2-14-40(15-3-1)53-57-54(59-55(58-53)43-34-29-36-13-4-5-16-42(36)35-43)41-32-27-38(28-33-41)37-25-30-39(31-26-37)44-20-12-24-51-52(44)47-19-8-11-23-50(47)56(51)48-21-9-6-17-45(48)46-18-7-10-22-49(46)56/h1-35H. The van der Waals surface area contributed by atoms with Crippen molar-refractivity contribution in [1.29, 1.82) is 0 Å². The summed E-state index contributed by atoms with van der Waals surface area (Å²) in [5.74, 6) is 1.95. The highest BCUT2D eigenvalue weighted by molar-refractivity contribution is 6.00. The molecule has 0 radical (unpaired) electrons. The number of benzene rings is 9. The van der Waals surface area contributed by atoms with Gasteiger partial charge >= 0.3 is 0 Å². The van der Waals surface area contributed by atoms with Crippen molar-refractivity contribution in [3.63, 3.8) is 0 Å². The first-order valence-electron chi connectivity index (χ1n) is 20.2. The van der Waals surface area contributed by atoms with Crippen LogP contribution in [0.2, 0.25) is 0 Å². The first kappa shape index (κ1) is 33.4. The normalized spacial score (nSPS) is 12.9. The topological polar surface area (TPSA) is 38.7 Å². The molecule has 3 heteroatoms. The molecule has 3 nitrogen and oxygen atoms in total. The van der Waals surface area contributed by atoms with Gasteiger partial charge in [0.25, 0.3) is 0 Å². The Morgan fingerprint density at radius 1 is 0.254 bits per heavy atom. The van der Waals surface area contributed by atoms with Crippen LogP contribution in [0.25, 0.3) is 89.4 Å². The van der Waals surface area contributed by atoms with Gasteiger partial charge in [-0.05, 0) is 83.6 Å². The van der Waals surface area contributed by atoms with Gasteiger partial charge in [0.05, 0.1) is 5.41 Å². The highest BCUT2D eigenvalue weighted by atomic mass is 15.0. The van der Waals surface area contributed by atoms with E-state index in [1.807, 2.05) is 30.3 Å². The third kappa shape index (κ3) is 5.11. The molecule has 0 aliphatic heterocycles. The summed E-state index contributed by atoms with van der Waals surface area (Å²) in [5.41, 5.74) is 18.0. The Hall–Kier alpha value is -7.75. The van der Waals surface area contributed by atoms with E-state index in [1.165, 1.54) is 61.0 Å². The fourth-order valence-electron chi connectivity index (χ4n) is 9.72. The average molecular weight is 750 g/mol. The molecule has 59 heavy (non-hydrogen) atoms. The molecule has 0 bridgehead atoms. The molecular formula is C56H35N3. The van der Waals surface area contributed by atoms with Crippen LogP contribution >= 0.6 is 0 Å². The van der Waals surface area contributed by atoms with Crippen molar-refractivity contribution in [2.75, 3.05) is 0 Å². The Labute approximate surface area is 343 Å². The quantitative estimate of drug-likeness (QED) is 0.176. The van der Waals surface area contributed by atoms with Gasteiger partial charge in [-0.15, -0.1) is 0 Å². The number of hydrogen-bond donors (Lipinski definition) is 0. The number of aromatic nitrogens is 3. The number of fused-ring (bicyclic) bond motifs is 11. The molecule has 0 saturated heterocycles. The minimum atomic E-state index is -0.354. The van der Waals surface area contributed by atoms with Gasteiger partial charge in [0, 0.05) is 16.7 Å². The molecule has 1 heterocycles. The molecule has 0 atom stereocenters. The molecule has 274 valence electrons. The van der Waals surface area contributed by atoms with Crippen molar-refractivity contribution in [3.05, 3.63) is 235 Å². The largest absolute Gasteiger partial charge is 0.208 e. The molecule has 1 aromatic heterocycles. The lowest BCUT2D eigenvalue weighted by atomic mass is 9.70. The summed E-state index contributed by atoms with van der Waals surface area (Å²) < 4.78 is 0. The maximum absolute atomic E-state index is 5.03. The highest BCUT2D eigenvalue weighted by Crippen LogP contribution is 2.63. The zero-order valence-corrected chi connectivity index (χ0v) is 32.0. The van der Waals surface area contributed by atoms with Crippen LogP contribution in [0.1, 0.15) is 22.3 Å². The summed E-state index contributed by atoms with van der Waals surface area (Å²) in [6.07, 6.45) is 0. The number of nitrogens with zero attached hydrogens (tertiary/aromatic N) is 3. The van der Waals surface area contributed by atoms with Gasteiger partial charge in [-0.3, -0.25) is 0 Å². The molecule has 0 fully saturated rings. The van der Waals surface area contributed by atoms with Crippen LogP contribution in [-0.2, 0) is 5.41 Å². The second-order valence-corrected chi connectivity index (χ2v) is 15.5. The van der Waals surface area contributed by atoms with E-state index in [0.29, 0.717) is 17.5 Å². The van der Waals surface area contributed by atoms with Crippen LogP contribution in [0.5, 0.6) is 0 Å². The van der Waals surface area contributed by atoms with E-state index in [2.05, 4.69) is 182 Å². The van der Waals surface area contributed by atoms with Crippen molar-refractivity contribution in [3.8, 4) is 78.7 Å². The Kier molecular flexibility index (Phi) is 7.45. The van der Waals surface area contributed by atoms with E-state index in [0.717, 1.165) is 33.2 Å². The molecule has 2 aliphatic rings. The minimum Gasteiger partial charge on any atom is -0.208 e. The van der Waals surface area contributed by atoms with E-state index < -0.39 is 0 Å². The molecule has 0 saturated carbocycles. The first-order chi connectivity index (χ1) is 29.2. The number of hydrogen-bond acceptors (Lipinski definition) is 3. The van der Waals surface area contributed by atoms with Gasteiger partial charge in [-0.2, -0.15) is 0 Å². The van der Waals surface area contributed by atoms with Crippen molar-refractivity contribution in [2.24, 2.45) is 0 Å². The smallest absolute Gasteiger partial charge is 0.164 e. The summed E-state index contributed by atoms with van der Waals surface area (Å²) in [7, 11) is 0. The van der Waals surface area contributed by atoms with Crippen LogP contribution < -0.4 is 0 Å². The monoisotopic (exact) mass is 749 g/mol. The van der Waals surface area contributed by atoms with Crippen molar-refractivity contribution < 1.29 is 0 Å². The van der Waals surface area contributed by atoms with Crippen LogP contribution in [0.4, 0.5) is 0 Å². The van der Waals surface area contributed by atoms with Gasteiger partial charge in [-0.25, -0.2) is 15.0 Å². The van der Waals surface area contributed by atoms with Gasteiger partial charge in [0.15, 0.2) is 17.5 Å². The second-order valence-electron chi connectivity index (χ2n) is 15.5. The van der Waals surface area contributed by atoms with E-state index in [4.69, 9.17) is 15.0 Å². The lowest BCUT2D eigenvalue weighted by Gasteiger charge is -2.30. The average Bonchev–Trinajstić information content (AvgIpc) is 3.79. The molecule has 0 unspecified atom stereocenters. The lowest BCUT2D eigenvalue weighted by Crippen LogP contribution is -2.25. The Morgan fingerprint density at radius 2 is 0.678 bits per heavy atom. The molecule has 0 N–H and O–H groups in total. The molecule has 0 amide bonds. The second kappa shape index (κ2) is 13.2. The predicted molar refractivity (Wildman–Crippen MR) is 241 cm³/mol. The zero-order chi connectivity index (χ0) is 38.9. The SMILES string of the molecule is c1ccc(-c2nc(-c3ccc(-c4ccc(-c5cccc6c5-c5ccccc5C65c6ccccc6-c6ccccc65)cc4)cc3)nc(-c3ccc4ccccc4c3)n2)cc1. The van der Waals surface area contributed by atoms with Gasteiger partial charge < -0.3 is 0 Å². The van der Waals surface area contributed by atoms with E-state index in [-0.39, 0.29) is 5.41 Å². The van der Waals surface area contributed by atoms with Crippen LogP contribution in [-0.4, -0.2) is 15.0 Å². The molecule has 10 aromatic rings. The molecular weight excluding hydrogens is 715 g/mol. The lowest BCUT2D eigenvalue weighted by molar-refractivity contribution is 0.794. The van der Waals surface area contributed by atoms with Crippen LogP contribution in [0.15, 0.2) is 212 Å². The first-order valence-corrected chi connectivity index (χ1v) is 20.2. The van der Waals surface area contributed by atoms with Gasteiger partial charge in [0.1, 0.15) is 0 Å². The van der Waals surface area contributed by atoms with E-state index >= 15 is 0 Å². The Balaban J connectivity index is 0.912. The maximum atomic E-state index is 5.03. The fraction of sp³-hybridized carbons (Fsp3) is 0.0179. The van der Waals surface area contributed by atoms with Gasteiger partial charge in [0.2, 0.25) is 0 Å². The molecule has 9 aromatic carbocycles. The summed E-state index contributed by atoms with van der Waals surface area (Å²) in [5, 5.41) is 2.34. The van der Waals surface area contributed by atoms with E-state index in [9.17, 15) is 0 Å². The minimum absolute atomic E-state index is 0.354. The molecule has 1 spiro atoms. The van der Waals surface area contributed by atoms with E-state index in [1.54, 1.807) is 0 Å². The molecule has 12 rings (SSSR count). The Bertz CT molecular complexity index is 3210. The summed E-state index contributed by atoms with van der Waals surface area (Å²) in [6.45, 7) is 0. The Morgan fingerprint density at radius 3 is 1.32 bits per heavy atom. The third-order valence-corrected chi connectivity index (χ3v) is 12.4. The predicted octanol–water partition coefficient (Wildman–Crippen LogP) is 13.7. The van der Waals surface area contributed by atoms with Crippen molar-refractivity contribution in [2.45, 2.75) is 5.41 Å². The summed E-state index contributed by atoms with van der Waals surface area (Å²) in [4.78, 5) is 15.0. The van der Waals surface area contributed by atoms with Crippen molar-refractivity contribution in [1.82, 2.24) is 15.0 Å². The third-order valence-electron chi connectivity index (χ3n) is 12.4. The fourth-order valence-corrected chi connectivity index (χ4v) is 9.72. The van der Waals surface area contributed by atoms with Gasteiger partial charge in [-0.1, -0.05) is 206 Å². The highest BCUT2D eigenvalue weighted by Gasteiger charge is 2.51. The van der Waals surface area contributed by atoms with Crippen molar-refractivity contribution >= 4 is 10.8 Å². The van der Waals surface area contributed by atoms with Crippen LogP contribution in [0.3, 0.4) is 0 Å². The summed E-state index contributed by atoms with van der Waals surface area (Å²) >= 11 is 0. The summed E-state index contributed by atoms with van der Waals surface area (Å²) in [6, 6.07) is 76.4.